The van der Waals surface area contributed by atoms with E-state index in [4.69, 9.17) is 0 Å². The first-order chi connectivity index (χ1) is 8.29. The molecule has 0 fully saturated rings. The number of aromatic hydroxyl groups is 1. The smallest absolute Gasteiger partial charge is 0.119 e. The van der Waals surface area contributed by atoms with E-state index in [0.717, 1.165) is 19.3 Å². The van der Waals surface area contributed by atoms with Crippen LogP contribution in [0.25, 0.3) is 0 Å². The maximum absolute atomic E-state index is 9.86. The zero-order valence-corrected chi connectivity index (χ0v) is 11.3. The van der Waals surface area contributed by atoms with Gasteiger partial charge in [0.2, 0.25) is 0 Å². The van der Waals surface area contributed by atoms with E-state index in [1.807, 2.05) is 12.1 Å². The van der Waals surface area contributed by atoms with E-state index >= 15 is 0 Å². The highest BCUT2D eigenvalue weighted by molar-refractivity contribution is 5.39. The van der Waals surface area contributed by atoms with Gasteiger partial charge in [0.15, 0.2) is 0 Å². The van der Waals surface area contributed by atoms with Crippen LogP contribution in [0.15, 0.2) is 18.2 Å². The molecule has 0 radical (unpaired) electrons. The van der Waals surface area contributed by atoms with Crippen molar-refractivity contribution in [2.24, 2.45) is 0 Å². The molecule has 0 heterocycles. The summed E-state index contributed by atoms with van der Waals surface area (Å²) in [5.74, 6) is 0.484. The van der Waals surface area contributed by atoms with Crippen LogP contribution < -0.4 is 0 Å². The van der Waals surface area contributed by atoms with E-state index in [-0.39, 0.29) is 0 Å². The first-order valence-corrected chi connectivity index (χ1v) is 7.09. The Morgan fingerprint density at radius 3 is 2.35 bits per heavy atom. The van der Waals surface area contributed by atoms with Crippen molar-refractivity contribution < 1.29 is 5.11 Å². The van der Waals surface area contributed by atoms with Gasteiger partial charge in [-0.3, -0.25) is 0 Å². The molecule has 1 heteroatoms. The van der Waals surface area contributed by atoms with Gasteiger partial charge in [-0.2, -0.15) is 0 Å². The topological polar surface area (TPSA) is 20.2 Å². The van der Waals surface area contributed by atoms with Gasteiger partial charge in [-0.25, -0.2) is 0 Å². The minimum Gasteiger partial charge on any atom is -0.508 e. The molecule has 1 aromatic carbocycles. The lowest BCUT2D eigenvalue weighted by atomic mass is 9.97. The zero-order chi connectivity index (χ0) is 12.5. The minimum absolute atomic E-state index is 0.484. The van der Waals surface area contributed by atoms with Gasteiger partial charge in [0.25, 0.3) is 0 Å². The molecule has 0 atom stereocenters. The molecule has 1 N–H and O–H groups in total. The standard InChI is InChI=1S/C16H26O/c1-3-5-6-7-8-11-14-12-9-13-16(17)15(14)10-4-2/h9,12-13,17H,3-8,10-11H2,1-2H3. The molecule has 96 valence electrons. The molecule has 1 aromatic rings. The lowest BCUT2D eigenvalue weighted by Gasteiger charge is -2.10. The van der Waals surface area contributed by atoms with E-state index < -0.39 is 0 Å². The van der Waals surface area contributed by atoms with E-state index in [1.54, 1.807) is 0 Å². The molecule has 0 spiro atoms. The molecule has 0 bridgehead atoms. The second-order valence-electron chi connectivity index (χ2n) is 4.83. The van der Waals surface area contributed by atoms with Crippen LogP contribution in [-0.4, -0.2) is 5.11 Å². The third-order valence-corrected chi connectivity index (χ3v) is 3.30. The van der Waals surface area contributed by atoms with Gasteiger partial charge in [0.05, 0.1) is 0 Å². The normalized spacial score (nSPS) is 10.7. The number of benzene rings is 1. The predicted molar refractivity (Wildman–Crippen MR) is 74.6 cm³/mol. The summed E-state index contributed by atoms with van der Waals surface area (Å²) in [5, 5.41) is 9.86. The van der Waals surface area contributed by atoms with Crippen LogP contribution in [0, 0.1) is 0 Å². The molecule has 0 saturated carbocycles. The summed E-state index contributed by atoms with van der Waals surface area (Å²) in [6, 6.07) is 5.95. The second kappa shape index (κ2) is 8.16. The number of phenols is 1. The fourth-order valence-electron chi connectivity index (χ4n) is 2.31. The molecule has 0 aliphatic heterocycles. The summed E-state index contributed by atoms with van der Waals surface area (Å²) >= 11 is 0. The fourth-order valence-corrected chi connectivity index (χ4v) is 2.31. The summed E-state index contributed by atoms with van der Waals surface area (Å²) in [6.07, 6.45) is 9.77. The average Bonchev–Trinajstić information content (AvgIpc) is 2.33. The van der Waals surface area contributed by atoms with E-state index in [0.29, 0.717) is 5.75 Å². The second-order valence-corrected chi connectivity index (χ2v) is 4.83. The molecule has 0 amide bonds. The van der Waals surface area contributed by atoms with E-state index in [2.05, 4.69) is 19.9 Å². The highest BCUT2D eigenvalue weighted by Gasteiger charge is 2.06. The van der Waals surface area contributed by atoms with Crippen LogP contribution in [0.4, 0.5) is 0 Å². The fraction of sp³-hybridized carbons (Fsp3) is 0.625. The van der Waals surface area contributed by atoms with Crippen molar-refractivity contribution in [3.8, 4) is 5.75 Å². The number of aryl methyl sites for hydroxylation is 1. The number of rotatable bonds is 8. The average molecular weight is 234 g/mol. The lowest BCUT2D eigenvalue weighted by Crippen LogP contribution is -1.95. The number of unbranched alkanes of at least 4 members (excludes halogenated alkanes) is 4. The summed E-state index contributed by atoms with van der Waals surface area (Å²) in [6.45, 7) is 4.41. The zero-order valence-electron chi connectivity index (χ0n) is 11.3. The van der Waals surface area contributed by atoms with Crippen molar-refractivity contribution in [3.05, 3.63) is 29.3 Å². The first-order valence-electron chi connectivity index (χ1n) is 7.09. The first kappa shape index (κ1) is 14.1. The molecule has 1 nitrogen and oxygen atoms in total. The molecule has 0 aromatic heterocycles. The predicted octanol–water partition coefficient (Wildman–Crippen LogP) is 4.86. The molecular formula is C16H26O. The number of hydrogen-bond acceptors (Lipinski definition) is 1. The quantitative estimate of drug-likeness (QED) is 0.637. The number of phenolic OH excluding ortho intramolecular Hbond substituents is 1. The Labute approximate surface area is 106 Å². The lowest BCUT2D eigenvalue weighted by molar-refractivity contribution is 0.466. The minimum atomic E-state index is 0.484. The van der Waals surface area contributed by atoms with Crippen molar-refractivity contribution in [2.45, 2.75) is 65.2 Å². The largest absolute Gasteiger partial charge is 0.508 e. The molecule has 0 aliphatic rings. The highest BCUT2D eigenvalue weighted by Crippen LogP contribution is 2.24. The Kier molecular flexibility index (Phi) is 6.76. The van der Waals surface area contributed by atoms with Gasteiger partial charge < -0.3 is 5.11 Å². The van der Waals surface area contributed by atoms with Crippen LogP contribution in [0.2, 0.25) is 0 Å². The molecular weight excluding hydrogens is 208 g/mol. The number of hydrogen-bond donors (Lipinski definition) is 1. The van der Waals surface area contributed by atoms with Crippen LogP contribution in [0.1, 0.15) is 63.5 Å². The van der Waals surface area contributed by atoms with Gasteiger partial charge in [-0.05, 0) is 36.5 Å². The summed E-state index contributed by atoms with van der Waals surface area (Å²) < 4.78 is 0. The maximum atomic E-state index is 9.86. The molecule has 1 rings (SSSR count). The summed E-state index contributed by atoms with van der Waals surface area (Å²) in [7, 11) is 0. The Hall–Kier alpha value is -0.980. The van der Waals surface area contributed by atoms with E-state index in [9.17, 15) is 5.11 Å². The highest BCUT2D eigenvalue weighted by atomic mass is 16.3. The van der Waals surface area contributed by atoms with Gasteiger partial charge in [0.1, 0.15) is 5.75 Å². The van der Waals surface area contributed by atoms with Crippen molar-refractivity contribution in [3.63, 3.8) is 0 Å². The Bertz CT molecular complexity index is 317. The van der Waals surface area contributed by atoms with Crippen LogP contribution in [0.3, 0.4) is 0 Å². The maximum Gasteiger partial charge on any atom is 0.119 e. The van der Waals surface area contributed by atoms with Crippen molar-refractivity contribution in [1.82, 2.24) is 0 Å². The monoisotopic (exact) mass is 234 g/mol. The van der Waals surface area contributed by atoms with Crippen LogP contribution in [-0.2, 0) is 12.8 Å². The summed E-state index contributed by atoms with van der Waals surface area (Å²) in [5.41, 5.74) is 2.52. The van der Waals surface area contributed by atoms with Gasteiger partial charge >= 0.3 is 0 Å². The van der Waals surface area contributed by atoms with Crippen LogP contribution in [0.5, 0.6) is 5.75 Å². The molecule has 0 saturated heterocycles. The molecule has 0 unspecified atom stereocenters. The molecule has 17 heavy (non-hydrogen) atoms. The summed E-state index contributed by atoms with van der Waals surface area (Å²) in [4.78, 5) is 0. The van der Waals surface area contributed by atoms with Crippen molar-refractivity contribution >= 4 is 0 Å². The van der Waals surface area contributed by atoms with Gasteiger partial charge in [-0.15, -0.1) is 0 Å². The Balaban J connectivity index is 2.48. The van der Waals surface area contributed by atoms with Crippen LogP contribution >= 0.6 is 0 Å². The SMILES string of the molecule is CCCCCCCc1cccc(O)c1CCC. The Morgan fingerprint density at radius 2 is 1.65 bits per heavy atom. The third-order valence-electron chi connectivity index (χ3n) is 3.30. The third kappa shape index (κ3) is 4.80. The van der Waals surface area contributed by atoms with E-state index in [1.165, 1.54) is 43.2 Å². The van der Waals surface area contributed by atoms with Gasteiger partial charge in [0, 0.05) is 0 Å². The van der Waals surface area contributed by atoms with Gasteiger partial charge in [-0.1, -0.05) is 58.1 Å². The van der Waals surface area contributed by atoms with Crippen molar-refractivity contribution in [2.75, 3.05) is 0 Å². The Morgan fingerprint density at radius 1 is 0.882 bits per heavy atom. The molecule has 0 aliphatic carbocycles. The van der Waals surface area contributed by atoms with Crippen molar-refractivity contribution in [1.29, 1.82) is 0 Å².